The van der Waals surface area contributed by atoms with Gasteiger partial charge in [0.1, 0.15) is 11.4 Å². The maximum Gasteiger partial charge on any atom is 0.345 e. The number of carbonyl (C=O) groups excluding carboxylic acids is 1. The molecule has 4 rings (SSSR count). The van der Waals surface area contributed by atoms with Crippen molar-refractivity contribution >= 4 is 28.2 Å². The van der Waals surface area contributed by atoms with Crippen LogP contribution in [-0.2, 0) is 11.3 Å². The number of anilines is 2. The van der Waals surface area contributed by atoms with Crippen molar-refractivity contribution in [1.82, 2.24) is 4.57 Å². The highest BCUT2D eigenvalue weighted by Crippen LogP contribution is 2.31. The Morgan fingerprint density at radius 3 is 2.29 bits per heavy atom. The van der Waals surface area contributed by atoms with Gasteiger partial charge < -0.3 is 19.1 Å². The molecule has 1 saturated heterocycles. The molecule has 1 aliphatic heterocycles. The van der Waals surface area contributed by atoms with Crippen LogP contribution in [0.3, 0.4) is 0 Å². The molecule has 0 atom stereocenters. The molecule has 7 heteroatoms. The van der Waals surface area contributed by atoms with Gasteiger partial charge >= 0.3 is 5.97 Å². The van der Waals surface area contributed by atoms with Gasteiger partial charge in [-0.1, -0.05) is 30.3 Å². The first-order valence-corrected chi connectivity index (χ1v) is 10.6. The fourth-order valence-electron chi connectivity index (χ4n) is 4.30. The van der Waals surface area contributed by atoms with Crippen molar-refractivity contribution in [2.75, 3.05) is 42.6 Å². The molecule has 0 saturated carbocycles. The summed E-state index contributed by atoms with van der Waals surface area (Å²) in [6, 6.07) is 14.3. The molecule has 0 bridgehead atoms. The lowest BCUT2D eigenvalue weighted by Crippen LogP contribution is -2.48. The first-order valence-electron chi connectivity index (χ1n) is 10.6. The van der Waals surface area contributed by atoms with Crippen LogP contribution in [-0.4, -0.2) is 43.3 Å². The number of ether oxygens (including phenoxy) is 1. The topological polar surface area (TPSA) is 54.8 Å². The van der Waals surface area contributed by atoms with E-state index in [2.05, 4.69) is 0 Å². The van der Waals surface area contributed by atoms with Crippen molar-refractivity contribution in [3.05, 3.63) is 70.3 Å². The highest BCUT2D eigenvalue weighted by atomic mass is 19.1. The SMILES string of the molecule is CCOC(=O)c1c(N2CCN(c3ccccc3F)CC2)c2ccccc2n(CC)c1=O. The van der Waals surface area contributed by atoms with Crippen molar-refractivity contribution in [3.8, 4) is 0 Å². The zero-order valence-electron chi connectivity index (χ0n) is 17.8. The Kier molecular flexibility index (Phi) is 5.93. The molecular formula is C24H26FN3O3. The Hall–Kier alpha value is -3.35. The molecule has 3 aromatic rings. The lowest BCUT2D eigenvalue weighted by Gasteiger charge is -2.38. The smallest absolute Gasteiger partial charge is 0.345 e. The Morgan fingerprint density at radius 2 is 1.61 bits per heavy atom. The molecule has 6 nitrogen and oxygen atoms in total. The third-order valence-corrected chi connectivity index (χ3v) is 5.73. The molecule has 0 amide bonds. The second-order valence-electron chi connectivity index (χ2n) is 7.44. The number of nitrogens with zero attached hydrogens (tertiary/aromatic N) is 3. The molecule has 1 fully saturated rings. The quantitative estimate of drug-likeness (QED) is 0.586. The molecule has 2 heterocycles. The van der Waals surface area contributed by atoms with E-state index in [9.17, 15) is 14.0 Å². The molecule has 0 radical (unpaired) electrons. The van der Waals surface area contributed by atoms with Gasteiger partial charge in [-0.2, -0.15) is 0 Å². The van der Waals surface area contributed by atoms with Gasteiger partial charge in [0.25, 0.3) is 5.56 Å². The van der Waals surface area contributed by atoms with E-state index in [1.807, 2.05) is 47.1 Å². The molecule has 2 aromatic carbocycles. The first-order chi connectivity index (χ1) is 15.1. The van der Waals surface area contributed by atoms with Crippen LogP contribution < -0.4 is 15.4 Å². The third kappa shape index (κ3) is 3.76. The van der Waals surface area contributed by atoms with Crippen LogP contribution in [0.15, 0.2) is 53.3 Å². The Bertz CT molecular complexity index is 1170. The molecule has 1 aromatic heterocycles. The summed E-state index contributed by atoms with van der Waals surface area (Å²) in [5, 5.41) is 0.839. The van der Waals surface area contributed by atoms with Crippen LogP contribution in [0.1, 0.15) is 24.2 Å². The third-order valence-electron chi connectivity index (χ3n) is 5.73. The van der Waals surface area contributed by atoms with Crippen molar-refractivity contribution in [3.63, 3.8) is 0 Å². The van der Waals surface area contributed by atoms with Crippen LogP contribution >= 0.6 is 0 Å². The summed E-state index contributed by atoms with van der Waals surface area (Å²) in [6.07, 6.45) is 0. The number of carbonyl (C=O) groups is 1. The number of esters is 1. The molecule has 0 aliphatic carbocycles. The number of piperazine rings is 1. The number of benzene rings is 2. The highest BCUT2D eigenvalue weighted by molar-refractivity contribution is 6.05. The van der Waals surface area contributed by atoms with Crippen LogP contribution in [0.4, 0.5) is 15.8 Å². The van der Waals surface area contributed by atoms with Crippen LogP contribution in [0.25, 0.3) is 10.9 Å². The summed E-state index contributed by atoms with van der Waals surface area (Å²) in [5.74, 6) is -0.855. The minimum absolute atomic E-state index is 0.0711. The van der Waals surface area contributed by atoms with E-state index in [1.165, 1.54) is 6.07 Å². The predicted octanol–water partition coefficient (Wildman–Crippen LogP) is 3.66. The van der Waals surface area contributed by atoms with Gasteiger partial charge in [-0.05, 0) is 32.0 Å². The number of fused-ring (bicyclic) bond motifs is 1. The fraction of sp³-hybridized carbons (Fsp3) is 0.333. The summed E-state index contributed by atoms with van der Waals surface area (Å²) in [4.78, 5) is 30.2. The number of para-hydroxylation sites is 2. The lowest BCUT2D eigenvalue weighted by atomic mass is 10.1. The van der Waals surface area contributed by atoms with Gasteiger partial charge in [-0.3, -0.25) is 4.79 Å². The average molecular weight is 423 g/mol. The normalized spacial score (nSPS) is 14.2. The van der Waals surface area contributed by atoms with E-state index in [1.54, 1.807) is 23.6 Å². The number of aromatic nitrogens is 1. The van der Waals surface area contributed by atoms with Gasteiger partial charge in [-0.25, -0.2) is 9.18 Å². The zero-order valence-corrected chi connectivity index (χ0v) is 17.8. The van der Waals surface area contributed by atoms with Crippen molar-refractivity contribution < 1.29 is 13.9 Å². The molecule has 0 unspecified atom stereocenters. The standard InChI is InChI=1S/C24H26FN3O3/c1-3-28-19-11-7-5-9-17(19)22(21(23(28)29)24(30)31-4-2)27-15-13-26(14-16-27)20-12-8-6-10-18(20)25/h5-12H,3-4,13-16H2,1-2H3. The number of hydrogen-bond acceptors (Lipinski definition) is 5. The maximum atomic E-state index is 14.2. The number of pyridine rings is 1. The van der Waals surface area contributed by atoms with Gasteiger partial charge in [0.05, 0.1) is 23.5 Å². The predicted molar refractivity (Wildman–Crippen MR) is 121 cm³/mol. The van der Waals surface area contributed by atoms with Crippen molar-refractivity contribution in [1.29, 1.82) is 0 Å². The van der Waals surface area contributed by atoms with Crippen LogP contribution in [0.2, 0.25) is 0 Å². The lowest BCUT2D eigenvalue weighted by molar-refractivity contribution is 0.0524. The number of aryl methyl sites for hydroxylation is 1. The summed E-state index contributed by atoms with van der Waals surface area (Å²) >= 11 is 0. The second kappa shape index (κ2) is 8.79. The number of halogens is 1. The zero-order chi connectivity index (χ0) is 22.0. The molecule has 31 heavy (non-hydrogen) atoms. The molecule has 0 spiro atoms. The van der Waals surface area contributed by atoms with Gasteiger partial charge in [0, 0.05) is 38.1 Å². The molecular weight excluding hydrogens is 397 g/mol. The van der Waals surface area contributed by atoms with E-state index in [0.717, 1.165) is 10.9 Å². The Balaban J connectivity index is 1.78. The largest absolute Gasteiger partial charge is 0.462 e. The van der Waals surface area contributed by atoms with Crippen molar-refractivity contribution in [2.45, 2.75) is 20.4 Å². The monoisotopic (exact) mass is 423 g/mol. The van der Waals surface area contributed by atoms with Gasteiger partial charge in [-0.15, -0.1) is 0 Å². The summed E-state index contributed by atoms with van der Waals surface area (Å²) in [7, 11) is 0. The minimum Gasteiger partial charge on any atom is -0.462 e. The fourth-order valence-corrected chi connectivity index (χ4v) is 4.30. The summed E-state index contributed by atoms with van der Waals surface area (Å²) in [5.41, 5.74) is 1.69. The molecule has 1 aliphatic rings. The minimum atomic E-state index is -0.605. The maximum absolute atomic E-state index is 14.2. The molecule has 162 valence electrons. The van der Waals surface area contributed by atoms with Gasteiger partial charge in [0.15, 0.2) is 0 Å². The van der Waals surface area contributed by atoms with E-state index >= 15 is 0 Å². The van der Waals surface area contributed by atoms with E-state index in [0.29, 0.717) is 44.1 Å². The van der Waals surface area contributed by atoms with E-state index in [-0.39, 0.29) is 23.5 Å². The Morgan fingerprint density at radius 1 is 0.968 bits per heavy atom. The summed E-state index contributed by atoms with van der Waals surface area (Å²) in [6.45, 7) is 6.52. The Labute approximate surface area is 180 Å². The van der Waals surface area contributed by atoms with Crippen molar-refractivity contribution in [2.24, 2.45) is 0 Å². The van der Waals surface area contributed by atoms with Crippen LogP contribution in [0, 0.1) is 5.82 Å². The van der Waals surface area contributed by atoms with Gasteiger partial charge in [0.2, 0.25) is 0 Å². The first kappa shape index (κ1) is 20.9. The van der Waals surface area contributed by atoms with Crippen LogP contribution in [0.5, 0.6) is 0 Å². The van der Waals surface area contributed by atoms with E-state index in [4.69, 9.17) is 4.74 Å². The summed E-state index contributed by atoms with van der Waals surface area (Å²) < 4.78 is 21.1. The number of rotatable bonds is 5. The molecule has 0 N–H and O–H groups in total. The second-order valence-corrected chi connectivity index (χ2v) is 7.44. The number of hydrogen-bond donors (Lipinski definition) is 0. The highest BCUT2D eigenvalue weighted by Gasteiger charge is 2.29. The van der Waals surface area contributed by atoms with E-state index < -0.39 is 5.97 Å². The average Bonchev–Trinajstić information content (AvgIpc) is 2.79.